The van der Waals surface area contributed by atoms with Gasteiger partial charge in [-0.3, -0.25) is 9.47 Å². The van der Waals surface area contributed by atoms with E-state index in [9.17, 15) is 17.2 Å². The average molecular weight is 347 g/mol. The molecule has 0 spiro atoms. The van der Waals surface area contributed by atoms with E-state index in [0.717, 1.165) is 4.57 Å². The number of aromatic nitrogens is 2. The maximum absolute atomic E-state index is 12.8. The fourth-order valence-corrected chi connectivity index (χ4v) is 3.96. The first kappa shape index (κ1) is 17.8. The molecule has 23 heavy (non-hydrogen) atoms. The molecule has 10 heteroatoms. The number of piperazine rings is 1. The van der Waals surface area contributed by atoms with Crippen molar-refractivity contribution in [2.24, 2.45) is 0 Å². The molecule has 1 aliphatic heterocycles. The van der Waals surface area contributed by atoms with E-state index in [2.05, 4.69) is 4.98 Å². The van der Waals surface area contributed by atoms with E-state index in [1.165, 1.54) is 16.7 Å². The summed E-state index contributed by atoms with van der Waals surface area (Å²) in [4.78, 5) is 5.83. The van der Waals surface area contributed by atoms with Crippen molar-refractivity contribution in [3.05, 3.63) is 18.2 Å². The van der Waals surface area contributed by atoms with E-state index in [-0.39, 0.29) is 24.5 Å². The van der Waals surface area contributed by atoms with Crippen molar-refractivity contribution in [2.45, 2.75) is 25.9 Å². The number of hydrogen-bond acceptors (Lipinski definition) is 5. The lowest BCUT2D eigenvalue weighted by Crippen LogP contribution is -2.49. The van der Waals surface area contributed by atoms with Crippen LogP contribution in [0.4, 0.5) is 8.78 Å². The predicted octanol–water partition coefficient (Wildman–Crippen LogP) is 1.03. The normalized spacial score (nSPS) is 17.5. The van der Waals surface area contributed by atoms with Gasteiger partial charge in [-0.1, -0.05) is 0 Å². The Hall–Kier alpha value is -1.57. The number of nitrogens with zero attached hydrogens (tertiary/aromatic N) is 5. The van der Waals surface area contributed by atoms with E-state index in [1.54, 1.807) is 0 Å². The molecule has 0 bridgehead atoms. The van der Waals surface area contributed by atoms with Crippen LogP contribution in [0.25, 0.3) is 0 Å². The highest BCUT2D eigenvalue weighted by atomic mass is 32.2. The molecule has 2 heterocycles. The molecule has 1 saturated heterocycles. The van der Waals surface area contributed by atoms with Crippen LogP contribution in [-0.4, -0.2) is 59.1 Å². The Bertz CT molecular complexity index is 648. The highest BCUT2D eigenvalue weighted by molar-refractivity contribution is 7.89. The average Bonchev–Trinajstić information content (AvgIpc) is 2.96. The molecule has 0 saturated carbocycles. The van der Waals surface area contributed by atoms with Gasteiger partial charge in [0.15, 0.2) is 0 Å². The van der Waals surface area contributed by atoms with Crippen LogP contribution in [0.5, 0.6) is 0 Å². The Morgan fingerprint density at radius 2 is 2.00 bits per heavy atom. The van der Waals surface area contributed by atoms with Gasteiger partial charge in [0.25, 0.3) is 0 Å². The van der Waals surface area contributed by atoms with Crippen molar-refractivity contribution >= 4 is 10.0 Å². The smallest absolute Gasteiger partial charge is 0.293 e. The number of alkyl halides is 2. The lowest BCUT2D eigenvalue weighted by atomic mass is 10.3. The van der Waals surface area contributed by atoms with E-state index in [1.807, 2.05) is 11.0 Å². The Morgan fingerprint density at radius 3 is 2.61 bits per heavy atom. The number of unbranched alkanes of at least 4 members (excludes halogenated alkanes) is 1. The van der Waals surface area contributed by atoms with Crippen molar-refractivity contribution in [2.75, 3.05) is 31.9 Å². The van der Waals surface area contributed by atoms with Gasteiger partial charge in [0.05, 0.1) is 18.4 Å². The second-order valence-electron chi connectivity index (χ2n) is 5.28. The Labute approximate surface area is 134 Å². The minimum Gasteiger partial charge on any atom is -0.293 e. The minimum absolute atomic E-state index is 0.0314. The molecule has 0 N–H and O–H groups in total. The molecule has 0 aromatic carbocycles. The lowest BCUT2D eigenvalue weighted by Gasteiger charge is -2.33. The monoisotopic (exact) mass is 347 g/mol. The zero-order chi connectivity index (χ0) is 16.9. The summed E-state index contributed by atoms with van der Waals surface area (Å²) in [7, 11) is -3.35. The molecule has 1 aromatic rings. The Kier molecular flexibility index (Phi) is 6.04. The summed E-state index contributed by atoms with van der Waals surface area (Å²) in [5.74, 6) is 0.237. The van der Waals surface area contributed by atoms with Crippen LogP contribution in [-0.2, 0) is 16.6 Å². The highest BCUT2D eigenvalue weighted by Crippen LogP contribution is 2.16. The number of hydrogen-bond donors (Lipinski definition) is 0. The molecule has 128 valence electrons. The van der Waals surface area contributed by atoms with Gasteiger partial charge in [-0.25, -0.2) is 13.4 Å². The van der Waals surface area contributed by atoms with Crippen LogP contribution in [0.3, 0.4) is 0 Å². The standard InChI is InChI=1S/C13H19F2N5O2S/c14-13(15)20-5-4-17-12(20)11-18-6-8-19(9-7-18)23(21,22)10-2-1-3-16/h4-5,13H,1-2,6-11H2. The third-order valence-electron chi connectivity index (χ3n) is 3.74. The molecular formula is C13H19F2N5O2S. The highest BCUT2D eigenvalue weighted by Gasteiger charge is 2.27. The van der Waals surface area contributed by atoms with Crippen LogP contribution in [0, 0.1) is 11.3 Å². The number of halogens is 2. The summed E-state index contributed by atoms with van der Waals surface area (Å²) >= 11 is 0. The lowest BCUT2D eigenvalue weighted by molar-refractivity contribution is 0.0626. The van der Waals surface area contributed by atoms with Crippen LogP contribution < -0.4 is 0 Å². The molecule has 1 fully saturated rings. The van der Waals surface area contributed by atoms with E-state index >= 15 is 0 Å². The maximum atomic E-state index is 12.8. The van der Waals surface area contributed by atoms with Crippen LogP contribution >= 0.6 is 0 Å². The molecule has 1 aromatic heterocycles. The van der Waals surface area contributed by atoms with E-state index < -0.39 is 16.6 Å². The molecule has 7 nitrogen and oxygen atoms in total. The van der Waals surface area contributed by atoms with Crippen molar-refractivity contribution in [1.82, 2.24) is 18.8 Å². The van der Waals surface area contributed by atoms with Crippen molar-refractivity contribution in [3.63, 3.8) is 0 Å². The minimum atomic E-state index is -3.35. The van der Waals surface area contributed by atoms with E-state index in [4.69, 9.17) is 5.26 Å². The molecule has 0 atom stereocenters. The van der Waals surface area contributed by atoms with Gasteiger partial charge in [0, 0.05) is 45.0 Å². The van der Waals surface area contributed by atoms with Gasteiger partial charge in [0.2, 0.25) is 10.0 Å². The van der Waals surface area contributed by atoms with Gasteiger partial charge in [-0.05, 0) is 6.42 Å². The second kappa shape index (κ2) is 7.81. The zero-order valence-corrected chi connectivity index (χ0v) is 13.4. The Morgan fingerprint density at radius 1 is 1.30 bits per heavy atom. The quantitative estimate of drug-likeness (QED) is 0.688. The number of sulfonamides is 1. The third-order valence-corrected chi connectivity index (χ3v) is 5.70. The summed E-state index contributed by atoms with van der Waals surface area (Å²) in [6.45, 7) is -0.788. The summed E-state index contributed by atoms with van der Waals surface area (Å²) in [5, 5.41) is 8.47. The van der Waals surface area contributed by atoms with E-state index in [0.29, 0.717) is 32.6 Å². The summed E-state index contributed by atoms with van der Waals surface area (Å²) in [5.41, 5.74) is 0. The zero-order valence-electron chi connectivity index (χ0n) is 12.6. The van der Waals surface area contributed by atoms with Crippen molar-refractivity contribution in [1.29, 1.82) is 5.26 Å². The molecule has 0 aliphatic carbocycles. The molecule has 2 rings (SSSR count). The largest absolute Gasteiger partial charge is 0.319 e. The first-order chi connectivity index (χ1) is 10.9. The fraction of sp³-hybridized carbons (Fsp3) is 0.692. The summed E-state index contributed by atoms with van der Waals surface area (Å²) < 4.78 is 52.0. The molecule has 0 radical (unpaired) electrons. The topological polar surface area (TPSA) is 82.2 Å². The van der Waals surface area contributed by atoms with Gasteiger partial charge in [-0.15, -0.1) is 0 Å². The molecule has 0 amide bonds. The first-order valence-electron chi connectivity index (χ1n) is 7.31. The van der Waals surface area contributed by atoms with Crippen molar-refractivity contribution in [3.8, 4) is 6.07 Å². The summed E-state index contributed by atoms with van der Waals surface area (Å²) in [6.07, 6.45) is 3.10. The van der Waals surface area contributed by atoms with Crippen LogP contribution in [0.2, 0.25) is 0 Å². The van der Waals surface area contributed by atoms with Gasteiger partial charge in [0.1, 0.15) is 5.82 Å². The first-order valence-corrected chi connectivity index (χ1v) is 8.92. The fourth-order valence-electron chi connectivity index (χ4n) is 2.47. The van der Waals surface area contributed by atoms with Gasteiger partial charge in [-0.2, -0.15) is 18.3 Å². The number of rotatable bonds is 7. The third kappa shape index (κ3) is 4.70. The van der Waals surface area contributed by atoms with Gasteiger partial charge >= 0.3 is 6.55 Å². The van der Waals surface area contributed by atoms with Crippen LogP contribution in [0.15, 0.2) is 12.4 Å². The molecular weight excluding hydrogens is 328 g/mol. The SMILES string of the molecule is N#CCCCS(=O)(=O)N1CCN(Cc2nccn2C(F)F)CC1. The molecule has 1 aliphatic rings. The number of imidazole rings is 1. The maximum Gasteiger partial charge on any atom is 0.319 e. The second-order valence-corrected chi connectivity index (χ2v) is 7.37. The van der Waals surface area contributed by atoms with Crippen molar-refractivity contribution < 1.29 is 17.2 Å². The predicted molar refractivity (Wildman–Crippen MR) is 79.0 cm³/mol. The summed E-state index contributed by atoms with van der Waals surface area (Å²) in [6, 6.07) is 1.93. The van der Waals surface area contributed by atoms with Crippen LogP contribution in [0.1, 0.15) is 25.2 Å². The Balaban J connectivity index is 1.86. The number of nitriles is 1. The molecule has 0 unspecified atom stereocenters. The van der Waals surface area contributed by atoms with Gasteiger partial charge < -0.3 is 0 Å².